The van der Waals surface area contributed by atoms with Crippen LogP contribution in [0.2, 0.25) is 5.02 Å². The molecule has 1 aliphatic rings. The smallest absolute Gasteiger partial charge is 0.338 e. The predicted molar refractivity (Wildman–Crippen MR) is 160 cm³/mol. The van der Waals surface area contributed by atoms with Gasteiger partial charge in [-0.3, -0.25) is 14.4 Å². The van der Waals surface area contributed by atoms with Gasteiger partial charge in [-0.2, -0.15) is 0 Å². The molecule has 0 spiro atoms. The van der Waals surface area contributed by atoms with Gasteiger partial charge in [0.1, 0.15) is 11.6 Å². The molecule has 1 fully saturated rings. The van der Waals surface area contributed by atoms with Crippen molar-refractivity contribution in [3.63, 3.8) is 0 Å². The first kappa shape index (κ1) is 31.4. The number of carbonyl (C=O) groups excluding carboxylic acids is 4. The van der Waals surface area contributed by atoms with E-state index in [0.29, 0.717) is 11.3 Å². The summed E-state index contributed by atoms with van der Waals surface area (Å²) in [6, 6.07) is 18.1. The maximum atomic E-state index is 13.5. The van der Waals surface area contributed by atoms with Crippen molar-refractivity contribution in [3.05, 3.63) is 88.9 Å². The van der Waals surface area contributed by atoms with Crippen LogP contribution in [-0.2, 0) is 25.5 Å². The van der Waals surface area contributed by atoms with E-state index in [1.807, 2.05) is 0 Å². The summed E-state index contributed by atoms with van der Waals surface area (Å²) in [6.07, 6.45) is 0.0625. The van der Waals surface area contributed by atoms with E-state index in [-0.39, 0.29) is 22.8 Å². The zero-order chi connectivity index (χ0) is 31.4. The minimum atomic E-state index is -2.85. The highest BCUT2D eigenvalue weighted by atomic mass is 35.5. The van der Waals surface area contributed by atoms with Crippen molar-refractivity contribution in [2.24, 2.45) is 0 Å². The van der Waals surface area contributed by atoms with Gasteiger partial charge in [0, 0.05) is 17.1 Å². The Morgan fingerprint density at radius 1 is 0.930 bits per heavy atom. The minimum Gasteiger partial charge on any atom is -0.456 e. The summed E-state index contributed by atoms with van der Waals surface area (Å²) in [5, 5.41) is 7.80. The van der Waals surface area contributed by atoms with E-state index in [1.165, 1.54) is 47.4 Å². The molecule has 0 saturated carbocycles. The fourth-order valence-corrected chi connectivity index (χ4v) is 4.46. The fraction of sp³-hybridized carbons (Fsp3) is 0.290. The molecule has 3 aromatic rings. The summed E-state index contributed by atoms with van der Waals surface area (Å²) in [6.45, 7) is 4.18. The number of anilines is 3. The molecular formula is C31H31ClF2N4O5. The Morgan fingerprint density at radius 2 is 1.58 bits per heavy atom. The number of benzene rings is 3. The largest absolute Gasteiger partial charge is 0.456 e. The molecule has 0 aromatic heterocycles. The molecule has 0 aliphatic carbocycles. The van der Waals surface area contributed by atoms with Crippen LogP contribution in [0.15, 0.2) is 72.8 Å². The molecule has 0 unspecified atom stereocenters. The summed E-state index contributed by atoms with van der Waals surface area (Å²) in [5.41, 5.74) is 1.06. The Bertz CT molecular complexity index is 1500. The van der Waals surface area contributed by atoms with Crippen molar-refractivity contribution in [2.75, 3.05) is 28.6 Å². The van der Waals surface area contributed by atoms with Gasteiger partial charge in [-0.25, -0.2) is 13.6 Å². The van der Waals surface area contributed by atoms with Crippen LogP contribution in [-0.4, -0.2) is 54.3 Å². The number of carbonyl (C=O) groups is 4. The first-order chi connectivity index (χ1) is 20.2. The van der Waals surface area contributed by atoms with Crippen molar-refractivity contribution in [2.45, 2.75) is 44.8 Å². The van der Waals surface area contributed by atoms with Crippen LogP contribution in [0.25, 0.3) is 0 Å². The number of hydrogen-bond acceptors (Lipinski definition) is 6. The quantitative estimate of drug-likeness (QED) is 0.242. The third-order valence-electron chi connectivity index (χ3n) is 6.29. The third-order valence-corrected chi connectivity index (χ3v) is 6.52. The lowest BCUT2D eigenvalue weighted by molar-refractivity contribution is -0.137. The molecule has 3 N–H and O–H groups in total. The maximum Gasteiger partial charge on any atom is 0.338 e. The van der Waals surface area contributed by atoms with Crippen LogP contribution < -0.4 is 20.9 Å². The summed E-state index contributed by atoms with van der Waals surface area (Å²) >= 11 is 6.05. The standard InChI is InChI=1S/C31H31ClF2N4O5/c1-30(2,3)43-29(42)20-9-12-22(13-10-20)35-26(39)24(15-19-7-5-4-6-8-19)37-28(41)27(40)36-23-16-21(32)11-14-25(23)38-17-31(33,34)18-38/h4-14,16,24H,15,17-18H2,1-3H3,(H,35,39)(H,36,40)(H,37,41)/t24-/m0/s1. The fourth-order valence-electron chi connectivity index (χ4n) is 4.28. The maximum absolute atomic E-state index is 13.5. The van der Waals surface area contributed by atoms with Crippen LogP contribution >= 0.6 is 11.6 Å². The van der Waals surface area contributed by atoms with Crippen LogP contribution in [0.4, 0.5) is 25.8 Å². The molecule has 1 saturated heterocycles. The predicted octanol–water partition coefficient (Wildman–Crippen LogP) is 5.06. The minimum absolute atomic E-state index is 0.0625. The first-order valence-corrected chi connectivity index (χ1v) is 13.8. The van der Waals surface area contributed by atoms with E-state index in [2.05, 4.69) is 16.0 Å². The van der Waals surface area contributed by atoms with E-state index in [0.717, 1.165) is 5.56 Å². The normalized spacial score (nSPS) is 14.6. The van der Waals surface area contributed by atoms with Gasteiger partial charge in [0.25, 0.3) is 5.92 Å². The van der Waals surface area contributed by atoms with E-state index in [4.69, 9.17) is 16.3 Å². The van der Waals surface area contributed by atoms with Gasteiger partial charge in [-0.05, 0) is 68.8 Å². The Morgan fingerprint density at radius 3 is 2.19 bits per heavy atom. The number of nitrogens with one attached hydrogen (secondary N) is 3. The lowest BCUT2D eigenvalue weighted by Crippen LogP contribution is -2.56. The molecule has 3 amide bonds. The van der Waals surface area contributed by atoms with Crippen molar-refractivity contribution in [3.8, 4) is 0 Å². The van der Waals surface area contributed by atoms with Crippen molar-refractivity contribution in [1.29, 1.82) is 0 Å². The van der Waals surface area contributed by atoms with Gasteiger partial charge in [-0.15, -0.1) is 0 Å². The SMILES string of the molecule is CC(C)(C)OC(=O)c1ccc(NC(=O)[C@H](Cc2ccccc2)NC(=O)C(=O)Nc2cc(Cl)ccc2N2CC(F)(F)C2)cc1. The molecule has 226 valence electrons. The van der Waals surface area contributed by atoms with Gasteiger partial charge in [0.15, 0.2) is 0 Å². The molecule has 9 nitrogen and oxygen atoms in total. The highest BCUT2D eigenvalue weighted by Gasteiger charge is 2.44. The molecule has 0 radical (unpaired) electrons. The number of alkyl halides is 2. The number of ether oxygens (including phenoxy) is 1. The topological polar surface area (TPSA) is 117 Å². The number of amides is 3. The molecular weight excluding hydrogens is 582 g/mol. The van der Waals surface area contributed by atoms with Crippen molar-refractivity contribution < 1.29 is 32.7 Å². The molecule has 1 heterocycles. The second-order valence-electron chi connectivity index (χ2n) is 11.1. The van der Waals surface area contributed by atoms with E-state index < -0.39 is 54.3 Å². The van der Waals surface area contributed by atoms with Crippen molar-refractivity contribution >= 4 is 52.4 Å². The van der Waals surface area contributed by atoms with Crippen LogP contribution in [0.5, 0.6) is 0 Å². The molecule has 12 heteroatoms. The molecule has 1 aliphatic heterocycles. The van der Waals surface area contributed by atoms with Gasteiger partial charge in [0.05, 0.1) is 30.0 Å². The number of nitrogens with zero attached hydrogens (tertiary/aromatic N) is 1. The third kappa shape index (κ3) is 8.74. The number of hydrogen-bond donors (Lipinski definition) is 3. The Balaban J connectivity index is 1.46. The highest BCUT2D eigenvalue weighted by molar-refractivity contribution is 6.40. The molecule has 0 bridgehead atoms. The number of esters is 1. The average molecular weight is 613 g/mol. The molecule has 1 atom stereocenters. The Labute approximate surface area is 252 Å². The molecule has 3 aromatic carbocycles. The average Bonchev–Trinajstić information content (AvgIpc) is 2.91. The summed E-state index contributed by atoms with van der Waals surface area (Å²) < 4.78 is 32.3. The number of rotatable bonds is 8. The second kappa shape index (κ2) is 12.8. The zero-order valence-corrected chi connectivity index (χ0v) is 24.5. The lowest BCUT2D eigenvalue weighted by Gasteiger charge is -2.41. The lowest BCUT2D eigenvalue weighted by atomic mass is 10.0. The number of halogens is 3. The van der Waals surface area contributed by atoms with E-state index in [1.54, 1.807) is 51.1 Å². The summed E-state index contributed by atoms with van der Waals surface area (Å²) in [5.74, 6) is -6.20. The van der Waals surface area contributed by atoms with Crippen LogP contribution in [0.1, 0.15) is 36.7 Å². The summed E-state index contributed by atoms with van der Waals surface area (Å²) in [4.78, 5) is 52.8. The van der Waals surface area contributed by atoms with Crippen LogP contribution in [0, 0.1) is 0 Å². The summed E-state index contributed by atoms with van der Waals surface area (Å²) in [7, 11) is 0. The first-order valence-electron chi connectivity index (χ1n) is 13.4. The van der Waals surface area contributed by atoms with Gasteiger partial charge >= 0.3 is 17.8 Å². The van der Waals surface area contributed by atoms with Gasteiger partial charge < -0.3 is 25.6 Å². The van der Waals surface area contributed by atoms with E-state index >= 15 is 0 Å². The Kier molecular flexibility index (Phi) is 9.34. The molecule has 43 heavy (non-hydrogen) atoms. The Hall–Kier alpha value is -4.51. The van der Waals surface area contributed by atoms with Crippen molar-refractivity contribution in [1.82, 2.24) is 5.32 Å². The monoisotopic (exact) mass is 612 g/mol. The van der Waals surface area contributed by atoms with Gasteiger partial charge in [0.2, 0.25) is 5.91 Å². The molecule has 4 rings (SSSR count). The van der Waals surface area contributed by atoms with Gasteiger partial charge in [-0.1, -0.05) is 41.9 Å². The van der Waals surface area contributed by atoms with Crippen LogP contribution in [0.3, 0.4) is 0 Å². The second-order valence-corrected chi connectivity index (χ2v) is 11.5. The zero-order valence-electron chi connectivity index (χ0n) is 23.7. The highest BCUT2D eigenvalue weighted by Crippen LogP contribution is 2.37. The van der Waals surface area contributed by atoms with E-state index in [9.17, 15) is 28.0 Å².